The molecule has 132 valence electrons. The molecule has 7 nitrogen and oxygen atoms in total. The molecule has 0 radical (unpaired) electrons. The van der Waals surface area contributed by atoms with Crippen LogP contribution in [0, 0.1) is 13.8 Å². The van der Waals surface area contributed by atoms with Crippen molar-refractivity contribution >= 4 is 11.2 Å². The monoisotopic (exact) mass is 342 g/mol. The first kappa shape index (κ1) is 17.0. The van der Waals surface area contributed by atoms with Crippen LogP contribution < -0.4 is 16.0 Å². The first-order valence-electron chi connectivity index (χ1n) is 8.21. The zero-order valence-corrected chi connectivity index (χ0v) is 14.9. The van der Waals surface area contributed by atoms with E-state index in [1.165, 1.54) is 22.7 Å². The summed E-state index contributed by atoms with van der Waals surface area (Å²) in [4.78, 5) is 28.5. The van der Waals surface area contributed by atoms with Gasteiger partial charge in [-0.25, -0.2) is 9.78 Å². The maximum Gasteiger partial charge on any atom is 0.332 e. The second-order valence-corrected chi connectivity index (χ2v) is 6.26. The van der Waals surface area contributed by atoms with E-state index in [-0.39, 0.29) is 11.2 Å². The quantitative estimate of drug-likeness (QED) is 0.659. The van der Waals surface area contributed by atoms with Gasteiger partial charge < -0.3 is 9.30 Å². The minimum absolute atomic E-state index is 0.328. The summed E-state index contributed by atoms with van der Waals surface area (Å²) in [6.45, 7) is 5.25. The normalized spacial score (nSPS) is 11.2. The van der Waals surface area contributed by atoms with Crippen molar-refractivity contribution in [1.29, 1.82) is 0 Å². The molecular weight excluding hydrogens is 320 g/mol. The van der Waals surface area contributed by atoms with E-state index in [1.807, 2.05) is 18.2 Å². The lowest BCUT2D eigenvalue weighted by Gasteiger charge is -2.09. The van der Waals surface area contributed by atoms with Crippen LogP contribution in [0.5, 0.6) is 5.75 Å². The molecule has 0 spiro atoms. The molecule has 0 fully saturated rings. The highest BCUT2D eigenvalue weighted by Crippen LogP contribution is 2.16. The highest BCUT2D eigenvalue weighted by atomic mass is 16.5. The summed E-state index contributed by atoms with van der Waals surface area (Å²) < 4.78 is 10.0. The minimum atomic E-state index is -0.374. The van der Waals surface area contributed by atoms with Crippen LogP contribution in [0.2, 0.25) is 0 Å². The van der Waals surface area contributed by atoms with Crippen LogP contribution in [-0.4, -0.2) is 25.3 Å². The highest BCUT2D eigenvalue weighted by Gasteiger charge is 2.13. The standard InChI is InChI=1S/C18H22N4O3/c1-12-6-7-14(10-13(12)2)25-9-5-8-22-11-19-16-15(22)17(23)21(4)18(24)20(16)3/h6-7,10-11H,5,8-9H2,1-4H3. The molecule has 0 atom stereocenters. The first-order chi connectivity index (χ1) is 11.9. The average molecular weight is 342 g/mol. The maximum absolute atomic E-state index is 12.4. The van der Waals surface area contributed by atoms with E-state index in [0.29, 0.717) is 24.3 Å². The summed E-state index contributed by atoms with van der Waals surface area (Å²) >= 11 is 0. The molecule has 2 heterocycles. The third-order valence-electron chi connectivity index (χ3n) is 4.51. The molecule has 2 aromatic heterocycles. The van der Waals surface area contributed by atoms with Crippen molar-refractivity contribution in [2.75, 3.05) is 6.61 Å². The zero-order valence-electron chi connectivity index (χ0n) is 14.9. The summed E-state index contributed by atoms with van der Waals surface area (Å²) in [5, 5.41) is 0. The Kier molecular flexibility index (Phi) is 4.48. The van der Waals surface area contributed by atoms with Gasteiger partial charge in [0, 0.05) is 20.6 Å². The molecule has 0 saturated heterocycles. The fourth-order valence-electron chi connectivity index (χ4n) is 2.80. The largest absolute Gasteiger partial charge is 0.494 e. The van der Waals surface area contributed by atoms with Gasteiger partial charge in [-0.15, -0.1) is 0 Å². The van der Waals surface area contributed by atoms with E-state index >= 15 is 0 Å². The van der Waals surface area contributed by atoms with E-state index in [2.05, 4.69) is 18.8 Å². The molecule has 3 aromatic rings. The minimum Gasteiger partial charge on any atom is -0.494 e. The van der Waals surface area contributed by atoms with E-state index < -0.39 is 0 Å². The second kappa shape index (κ2) is 6.58. The molecule has 0 saturated carbocycles. The lowest BCUT2D eigenvalue weighted by atomic mass is 10.1. The van der Waals surface area contributed by atoms with Crippen LogP contribution in [0.4, 0.5) is 0 Å². The van der Waals surface area contributed by atoms with Gasteiger partial charge in [0.1, 0.15) is 5.75 Å². The smallest absolute Gasteiger partial charge is 0.332 e. The highest BCUT2D eigenvalue weighted by molar-refractivity contribution is 5.69. The molecule has 25 heavy (non-hydrogen) atoms. The maximum atomic E-state index is 12.4. The number of imidazole rings is 1. The summed E-state index contributed by atoms with van der Waals surface area (Å²) in [6.07, 6.45) is 2.33. The van der Waals surface area contributed by atoms with E-state index in [1.54, 1.807) is 17.9 Å². The molecule has 0 aliphatic carbocycles. The van der Waals surface area contributed by atoms with Gasteiger partial charge in [-0.1, -0.05) is 6.07 Å². The van der Waals surface area contributed by atoms with Crippen molar-refractivity contribution in [3.63, 3.8) is 0 Å². The Morgan fingerprint density at radius 3 is 2.56 bits per heavy atom. The third kappa shape index (κ3) is 3.09. The SMILES string of the molecule is Cc1ccc(OCCCn2cnc3c2c(=O)n(C)c(=O)n3C)cc1C. The fourth-order valence-corrected chi connectivity index (χ4v) is 2.80. The lowest BCUT2D eigenvalue weighted by molar-refractivity contribution is 0.302. The van der Waals surface area contributed by atoms with E-state index in [9.17, 15) is 9.59 Å². The van der Waals surface area contributed by atoms with Crippen LogP contribution in [0.3, 0.4) is 0 Å². The molecule has 0 aliphatic rings. The van der Waals surface area contributed by atoms with Gasteiger partial charge in [0.05, 0.1) is 12.9 Å². The predicted molar refractivity (Wildman–Crippen MR) is 96.2 cm³/mol. The van der Waals surface area contributed by atoms with Gasteiger partial charge in [0.2, 0.25) is 0 Å². The summed E-state index contributed by atoms with van der Waals surface area (Å²) in [5.41, 5.74) is 2.58. The Morgan fingerprint density at radius 2 is 1.84 bits per heavy atom. The van der Waals surface area contributed by atoms with Crippen LogP contribution in [-0.2, 0) is 20.6 Å². The molecule has 0 unspecified atom stereocenters. The van der Waals surface area contributed by atoms with Gasteiger partial charge in [-0.3, -0.25) is 13.9 Å². The summed E-state index contributed by atoms with van der Waals surface area (Å²) in [7, 11) is 3.09. The van der Waals surface area contributed by atoms with Crippen LogP contribution in [0.1, 0.15) is 17.5 Å². The van der Waals surface area contributed by atoms with Crippen LogP contribution in [0.15, 0.2) is 34.1 Å². The molecule has 0 aliphatic heterocycles. The Morgan fingerprint density at radius 1 is 1.08 bits per heavy atom. The van der Waals surface area contributed by atoms with Crippen molar-refractivity contribution in [2.24, 2.45) is 14.1 Å². The van der Waals surface area contributed by atoms with Gasteiger partial charge in [-0.2, -0.15) is 0 Å². The van der Waals surface area contributed by atoms with Crippen molar-refractivity contribution < 1.29 is 4.74 Å². The van der Waals surface area contributed by atoms with Crippen molar-refractivity contribution in [2.45, 2.75) is 26.8 Å². The number of aromatic nitrogens is 4. The summed E-state index contributed by atoms with van der Waals surface area (Å²) in [5.74, 6) is 0.844. The number of fused-ring (bicyclic) bond motifs is 1. The number of ether oxygens (including phenoxy) is 1. The molecule has 3 rings (SSSR count). The number of benzene rings is 1. The zero-order chi connectivity index (χ0) is 18.1. The van der Waals surface area contributed by atoms with Crippen molar-refractivity contribution in [1.82, 2.24) is 18.7 Å². The van der Waals surface area contributed by atoms with Crippen LogP contribution in [0.25, 0.3) is 11.2 Å². The number of nitrogens with zero attached hydrogens (tertiary/aromatic N) is 4. The molecule has 7 heteroatoms. The summed E-state index contributed by atoms with van der Waals surface area (Å²) in [6, 6.07) is 6.02. The third-order valence-corrected chi connectivity index (χ3v) is 4.51. The van der Waals surface area contributed by atoms with E-state index in [4.69, 9.17) is 4.74 Å². The Bertz CT molecular complexity index is 1040. The fraction of sp³-hybridized carbons (Fsp3) is 0.389. The number of rotatable bonds is 5. The Balaban J connectivity index is 1.73. The average Bonchev–Trinajstić information content (AvgIpc) is 3.02. The Labute approximate surface area is 145 Å². The molecular formula is C18H22N4O3. The van der Waals surface area contributed by atoms with Crippen molar-refractivity contribution in [3.05, 3.63) is 56.5 Å². The van der Waals surface area contributed by atoms with Crippen LogP contribution >= 0.6 is 0 Å². The van der Waals surface area contributed by atoms with Gasteiger partial charge in [0.15, 0.2) is 11.2 Å². The van der Waals surface area contributed by atoms with E-state index in [0.717, 1.165) is 16.7 Å². The first-order valence-corrected chi connectivity index (χ1v) is 8.21. The predicted octanol–water partition coefficient (Wildman–Crippen LogP) is 1.52. The number of hydrogen-bond donors (Lipinski definition) is 0. The number of hydrogen-bond acceptors (Lipinski definition) is 4. The molecule has 0 amide bonds. The topological polar surface area (TPSA) is 71.1 Å². The van der Waals surface area contributed by atoms with Crippen molar-refractivity contribution in [3.8, 4) is 5.75 Å². The lowest BCUT2D eigenvalue weighted by Crippen LogP contribution is -2.37. The van der Waals surface area contributed by atoms with Gasteiger partial charge in [0.25, 0.3) is 5.56 Å². The Hall–Kier alpha value is -2.83. The van der Waals surface area contributed by atoms with Gasteiger partial charge >= 0.3 is 5.69 Å². The molecule has 0 N–H and O–H groups in total. The second-order valence-electron chi connectivity index (χ2n) is 6.26. The van der Waals surface area contributed by atoms with Gasteiger partial charge in [-0.05, 0) is 43.5 Å². The molecule has 0 bridgehead atoms. The molecule has 1 aromatic carbocycles. The number of aryl methyl sites for hydroxylation is 4.